The normalized spacial score (nSPS) is 41.7. The van der Waals surface area contributed by atoms with Gasteiger partial charge in [-0.25, -0.2) is 0 Å². The summed E-state index contributed by atoms with van der Waals surface area (Å²) in [4.78, 5) is 0. The number of rotatable bonds is 2. The van der Waals surface area contributed by atoms with E-state index in [0.717, 1.165) is 25.2 Å². The van der Waals surface area contributed by atoms with Crippen LogP contribution in [0.15, 0.2) is 12.2 Å². The summed E-state index contributed by atoms with van der Waals surface area (Å²) in [5.74, 6) is 1.50. The number of hydrogen-bond donors (Lipinski definition) is 1. The van der Waals surface area contributed by atoms with Gasteiger partial charge in [0.25, 0.3) is 0 Å². The van der Waals surface area contributed by atoms with Gasteiger partial charge in [0.2, 0.25) is 0 Å². The van der Waals surface area contributed by atoms with Crippen molar-refractivity contribution in [1.29, 1.82) is 0 Å². The van der Waals surface area contributed by atoms with Crippen molar-refractivity contribution >= 4 is 0 Å². The van der Waals surface area contributed by atoms with E-state index >= 15 is 0 Å². The van der Waals surface area contributed by atoms with E-state index in [-0.39, 0.29) is 0 Å². The maximum atomic E-state index is 10.1. The Hall–Kier alpha value is -0.300. The van der Waals surface area contributed by atoms with Gasteiger partial charge in [-0.1, -0.05) is 31.9 Å². The molecule has 2 atom stereocenters. The predicted molar refractivity (Wildman–Crippen MR) is 49.8 cm³/mol. The number of allylic oxidation sites excluding steroid dienone is 1. The molecule has 0 aromatic carbocycles. The molecular formula is C11H18O. The molecule has 0 aromatic rings. The standard InChI is InChI=1S/C11H18O/c1-9-4-6-11(12,7-5-9)8-10-2-3-10/h4,6,9-10,12H,2-3,5,7-8H2,1H3. The van der Waals surface area contributed by atoms with Crippen molar-refractivity contribution in [2.24, 2.45) is 11.8 Å². The van der Waals surface area contributed by atoms with E-state index in [2.05, 4.69) is 13.0 Å². The van der Waals surface area contributed by atoms with Gasteiger partial charge in [-0.3, -0.25) is 0 Å². The zero-order chi connectivity index (χ0) is 8.60. The Balaban J connectivity index is 1.95. The van der Waals surface area contributed by atoms with Gasteiger partial charge in [0.15, 0.2) is 0 Å². The smallest absolute Gasteiger partial charge is 0.0830 e. The molecule has 0 aromatic heterocycles. The molecule has 2 unspecified atom stereocenters. The first kappa shape index (κ1) is 8.31. The predicted octanol–water partition coefficient (Wildman–Crippen LogP) is 2.50. The Morgan fingerprint density at radius 3 is 2.67 bits per heavy atom. The van der Waals surface area contributed by atoms with Crippen molar-refractivity contribution in [1.82, 2.24) is 0 Å². The topological polar surface area (TPSA) is 20.2 Å². The van der Waals surface area contributed by atoms with Crippen LogP contribution >= 0.6 is 0 Å². The monoisotopic (exact) mass is 166 g/mol. The fourth-order valence-electron chi connectivity index (χ4n) is 1.99. The van der Waals surface area contributed by atoms with Gasteiger partial charge >= 0.3 is 0 Å². The first-order chi connectivity index (χ1) is 5.68. The molecule has 1 nitrogen and oxygen atoms in total. The summed E-state index contributed by atoms with van der Waals surface area (Å²) in [6.45, 7) is 2.22. The summed E-state index contributed by atoms with van der Waals surface area (Å²) in [7, 11) is 0. The second-order valence-corrected chi connectivity index (χ2v) is 4.63. The van der Waals surface area contributed by atoms with E-state index in [1.165, 1.54) is 12.8 Å². The van der Waals surface area contributed by atoms with Crippen LogP contribution in [0.5, 0.6) is 0 Å². The third-order valence-electron chi connectivity index (χ3n) is 3.11. The average molecular weight is 166 g/mol. The number of aliphatic hydroxyl groups is 1. The molecule has 2 rings (SSSR count). The van der Waals surface area contributed by atoms with E-state index in [9.17, 15) is 5.11 Å². The second kappa shape index (κ2) is 2.88. The molecule has 1 fully saturated rings. The van der Waals surface area contributed by atoms with Gasteiger partial charge in [-0.05, 0) is 31.1 Å². The third-order valence-corrected chi connectivity index (χ3v) is 3.11. The molecule has 1 heteroatoms. The lowest BCUT2D eigenvalue weighted by molar-refractivity contribution is 0.0552. The lowest BCUT2D eigenvalue weighted by Gasteiger charge is -2.29. The van der Waals surface area contributed by atoms with Crippen LogP contribution in [0.4, 0.5) is 0 Å². The summed E-state index contributed by atoms with van der Waals surface area (Å²) in [5, 5.41) is 10.1. The Kier molecular flexibility index (Phi) is 1.99. The van der Waals surface area contributed by atoms with Gasteiger partial charge in [0, 0.05) is 0 Å². The second-order valence-electron chi connectivity index (χ2n) is 4.63. The summed E-state index contributed by atoms with van der Waals surface area (Å²) >= 11 is 0. The first-order valence-electron chi connectivity index (χ1n) is 5.10. The van der Waals surface area contributed by atoms with Gasteiger partial charge in [-0.15, -0.1) is 0 Å². The lowest BCUT2D eigenvalue weighted by atomic mass is 9.83. The maximum absolute atomic E-state index is 10.1. The van der Waals surface area contributed by atoms with Crippen molar-refractivity contribution in [3.05, 3.63) is 12.2 Å². The average Bonchev–Trinajstić information content (AvgIpc) is 2.80. The minimum atomic E-state index is -0.437. The Bertz CT molecular complexity index is 193. The molecule has 2 aliphatic carbocycles. The molecule has 1 N–H and O–H groups in total. The minimum absolute atomic E-state index is 0.437. The SMILES string of the molecule is CC1C=CC(O)(CC2CC2)CC1. The largest absolute Gasteiger partial charge is 0.386 e. The molecule has 0 bridgehead atoms. The highest BCUT2D eigenvalue weighted by atomic mass is 16.3. The molecule has 0 radical (unpaired) electrons. The molecule has 0 amide bonds. The summed E-state index contributed by atoms with van der Waals surface area (Å²) in [6, 6.07) is 0. The highest BCUT2D eigenvalue weighted by Crippen LogP contribution is 2.40. The van der Waals surface area contributed by atoms with Gasteiger partial charge < -0.3 is 5.11 Å². The molecule has 0 spiro atoms. The maximum Gasteiger partial charge on any atom is 0.0830 e. The Labute approximate surface area is 74.5 Å². The van der Waals surface area contributed by atoms with E-state index in [4.69, 9.17) is 0 Å². The summed E-state index contributed by atoms with van der Waals surface area (Å²) in [6.07, 6.45) is 10.0. The molecule has 0 saturated heterocycles. The van der Waals surface area contributed by atoms with Crippen LogP contribution in [0.2, 0.25) is 0 Å². The molecule has 0 heterocycles. The molecule has 1 saturated carbocycles. The van der Waals surface area contributed by atoms with Crippen LogP contribution in [-0.4, -0.2) is 10.7 Å². The van der Waals surface area contributed by atoms with Crippen molar-refractivity contribution in [2.75, 3.05) is 0 Å². The van der Waals surface area contributed by atoms with Crippen LogP contribution in [0.1, 0.15) is 39.0 Å². The van der Waals surface area contributed by atoms with E-state index < -0.39 is 5.60 Å². The van der Waals surface area contributed by atoms with Gasteiger partial charge in [-0.2, -0.15) is 0 Å². The van der Waals surface area contributed by atoms with Gasteiger partial charge in [0.05, 0.1) is 5.60 Å². The zero-order valence-electron chi connectivity index (χ0n) is 7.79. The quantitative estimate of drug-likeness (QED) is 0.625. The van der Waals surface area contributed by atoms with Gasteiger partial charge in [0.1, 0.15) is 0 Å². The van der Waals surface area contributed by atoms with Crippen LogP contribution in [0, 0.1) is 11.8 Å². The van der Waals surface area contributed by atoms with E-state index in [1.807, 2.05) is 6.08 Å². The van der Waals surface area contributed by atoms with Crippen LogP contribution in [0.3, 0.4) is 0 Å². The van der Waals surface area contributed by atoms with Crippen molar-refractivity contribution in [3.63, 3.8) is 0 Å². The van der Waals surface area contributed by atoms with Crippen molar-refractivity contribution < 1.29 is 5.11 Å². The molecule has 2 aliphatic rings. The molecular weight excluding hydrogens is 148 g/mol. The lowest BCUT2D eigenvalue weighted by Crippen LogP contribution is -2.29. The zero-order valence-corrected chi connectivity index (χ0v) is 7.79. The summed E-state index contributed by atoms with van der Waals surface area (Å²) < 4.78 is 0. The van der Waals surface area contributed by atoms with Crippen LogP contribution in [-0.2, 0) is 0 Å². The Morgan fingerprint density at radius 1 is 1.42 bits per heavy atom. The third kappa shape index (κ3) is 1.89. The van der Waals surface area contributed by atoms with Crippen molar-refractivity contribution in [2.45, 2.75) is 44.6 Å². The van der Waals surface area contributed by atoms with Crippen LogP contribution < -0.4 is 0 Å². The highest BCUT2D eigenvalue weighted by Gasteiger charge is 2.34. The molecule has 68 valence electrons. The highest BCUT2D eigenvalue weighted by molar-refractivity contribution is 5.08. The molecule has 0 aliphatic heterocycles. The first-order valence-corrected chi connectivity index (χ1v) is 5.10. The minimum Gasteiger partial charge on any atom is -0.386 e. The van der Waals surface area contributed by atoms with E-state index in [0.29, 0.717) is 5.92 Å². The summed E-state index contributed by atoms with van der Waals surface area (Å²) in [5.41, 5.74) is -0.437. The van der Waals surface area contributed by atoms with Crippen molar-refractivity contribution in [3.8, 4) is 0 Å². The Morgan fingerprint density at radius 2 is 2.17 bits per heavy atom. The molecule has 12 heavy (non-hydrogen) atoms. The van der Waals surface area contributed by atoms with Crippen LogP contribution in [0.25, 0.3) is 0 Å². The van der Waals surface area contributed by atoms with E-state index in [1.54, 1.807) is 0 Å². The fourth-order valence-corrected chi connectivity index (χ4v) is 1.99. The number of hydrogen-bond acceptors (Lipinski definition) is 1. The fraction of sp³-hybridized carbons (Fsp3) is 0.818.